The Labute approximate surface area is 168 Å². The maximum atomic E-state index is 15.1. The Morgan fingerprint density at radius 3 is 2.90 bits per heavy atom. The average Bonchev–Trinajstić information content (AvgIpc) is 3.50. The summed E-state index contributed by atoms with van der Waals surface area (Å²) in [5.41, 5.74) is 4.41. The Bertz CT molecular complexity index is 1340. The second-order valence-corrected chi connectivity index (χ2v) is 8.75. The molecule has 1 fully saturated rings. The van der Waals surface area contributed by atoms with Crippen LogP contribution in [0.5, 0.6) is 0 Å². The molecule has 0 bridgehead atoms. The van der Waals surface area contributed by atoms with E-state index in [2.05, 4.69) is 10.3 Å². The number of nitrogens with zero attached hydrogens (tertiary/aromatic N) is 2. The van der Waals surface area contributed by atoms with Crippen molar-refractivity contribution < 1.29 is 13.4 Å². The van der Waals surface area contributed by atoms with E-state index in [9.17, 15) is 9.00 Å². The van der Waals surface area contributed by atoms with Crippen LogP contribution in [0.25, 0.3) is 16.5 Å². The molecule has 0 atom stereocenters. The van der Waals surface area contributed by atoms with Gasteiger partial charge in [0.1, 0.15) is 5.83 Å². The third kappa shape index (κ3) is 2.43. The summed E-state index contributed by atoms with van der Waals surface area (Å²) in [5.74, 6) is -0.556. The number of benzene rings is 1. The van der Waals surface area contributed by atoms with Crippen LogP contribution in [0.1, 0.15) is 18.4 Å². The molecule has 1 aromatic carbocycles. The number of allylic oxidation sites excluding steroid dienone is 4. The minimum Gasteiger partial charge on any atom is -0.441 e. The van der Waals surface area contributed by atoms with Crippen molar-refractivity contribution in [3.8, 4) is 0 Å². The molecule has 4 aliphatic rings. The predicted molar refractivity (Wildman–Crippen MR) is 110 cm³/mol. The van der Waals surface area contributed by atoms with Gasteiger partial charge < -0.3 is 13.8 Å². The largest absolute Gasteiger partial charge is 0.441 e. The molecule has 1 amide bonds. The number of nitrogens with one attached hydrogen (secondary N) is 1. The van der Waals surface area contributed by atoms with Gasteiger partial charge in [0.2, 0.25) is 5.91 Å². The molecule has 1 saturated carbocycles. The van der Waals surface area contributed by atoms with Crippen LogP contribution in [0, 0.1) is 5.92 Å². The van der Waals surface area contributed by atoms with E-state index < -0.39 is 16.4 Å². The molecule has 144 valence electrons. The molecule has 4 heterocycles. The Morgan fingerprint density at radius 1 is 1.21 bits per heavy atom. The number of aromatic nitrogens is 1. The van der Waals surface area contributed by atoms with E-state index in [1.165, 1.54) is 10.5 Å². The maximum absolute atomic E-state index is 15.1. The zero-order valence-corrected chi connectivity index (χ0v) is 16.0. The van der Waals surface area contributed by atoms with E-state index in [0.717, 1.165) is 34.9 Å². The quantitative estimate of drug-likeness (QED) is 0.616. The summed E-state index contributed by atoms with van der Waals surface area (Å²) in [4.78, 5) is 16.7. The number of hydrogen-bond acceptors (Lipinski definition) is 4. The first-order valence-electron chi connectivity index (χ1n) is 9.40. The molecule has 0 unspecified atom stereocenters. The van der Waals surface area contributed by atoms with Crippen molar-refractivity contribution in [2.45, 2.75) is 12.8 Å². The van der Waals surface area contributed by atoms with Gasteiger partial charge in [-0.1, -0.05) is 12.1 Å². The van der Waals surface area contributed by atoms with Crippen LogP contribution in [-0.2, 0) is 19.6 Å². The SMILES string of the molecule is O=C1NC=C2C(C3CC3)=C3C=C(c4ccc5ncccc5c4)C(F)=CN3[S-](=O)=C12. The van der Waals surface area contributed by atoms with Crippen LogP contribution in [-0.4, -0.2) is 20.1 Å². The lowest BCUT2D eigenvalue weighted by Gasteiger charge is -2.38. The minimum atomic E-state index is -1.78. The van der Waals surface area contributed by atoms with Crippen molar-refractivity contribution in [3.63, 3.8) is 0 Å². The first-order valence-corrected chi connectivity index (χ1v) is 10.5. The molecule has 6 rings (SSSR count). The van der Waals surface area contributed by atoms with Gasteiger partial charge >= 0.3 is 0 Å². The summed E-state index contributed by atoms with van der Waals surface area (Å²) < 4.78 is 29.5. The molecule has 0 radical (unpaired) electrons. The van der Waals surface area contributed by atoms with Gasteiger partial charge in [0.25, 0.3) is 0 Å². The van der Waals surface area contributed by atoms with Crippen molar-refractivity contribution in [1.82, 2.24) is 14.6 Å². The molecule has 1 aromatic heterocycles. The molecule has 2 aromatic rings. The van der Waals surface area contributed by atoms with Crippen molar-refractivity contribution >= 4 is 37.8 Å². The number of carbonyl (C=O) groups excluding carboxylic acids is 1. The number of rotatable bonds is 2. The number of hydrogen-bond donors (Lipinski definition) is 1. The number of fused-ring (bicyclic) bond motifs is 3. The van der Waals surface area contributed by atoms with Crippen LogP contribution < -0.4 is 5.32 Å². The minimum absolute atomic E-state index is 0.216. The van der Waals surface area contributed by atoms with Crippen molar-refractivity contribution in [2.24, 2.45) is 5.92 Å². The Kier molecular flexibility index (Phi) is 3.41. The highest BCUT2D eigenvalue weighted by Gasteiger charge is 2.37. The summed E-state index contributed by atoms with van der Waals surface area (Å²) in [6.07, 6.45) is 8.40. The highest BCUT2D eigenvalue weighted by atomic mass is 32.2. The van der Waals surface area contributed by atoms with E-state index in [1.807, 2.05) is 30.3 Å². The van der Waals surface area contributed by atoms with Crippen molar-refractivity contribution in [1.29, 1.82) is 0 Å². The smallest absolute Gasteiger partial charge is 0.233 e. The maximum Gasteiger partial charge on any atom is 0.233 e. The van der Waals surface area contributed by atoms with Crippen LogP contribution in [0.2, 0.25) is 0 Å². The van der Waals surface area contributed by atoms with Gasteiger partial charge in [-0.25, -0.2) is 4.39 Å². The van der Waals surface area contributed by atoms with E-state index in [0.29, 0.717) is 22.8 Å². The van der Waals surface area contributed by atoms with Crippen molar-refractivity contribution in [3.05, 3.63) is 83.2 Å². The molecular formula is C22H15FN3O2S-. The average molecular weight is 404 g/mol. The van der Waals surface area contributed by atoms with Gasteiger partial charge in [-0.2, -0.15) is 10.6 Å². The number of pyridine rings is 1. The fraction of sp³-hybridized carbons (Fsp3) is 0.136. The monoisotopic (exact) mass is 404 g/mol. The molecule has 7 heteroatoms. The van der Waals surface area contributed by atoms with Gasteiger partial charge in [0.05, 0.1) is 5.52 Å². The molecule has 1 aliphatic carbocycles. The topological polar surface area (TPSA) is 62.3 Å². The third-order valence-corrected chi connectivity index (χ3v) is 7.04. The third-order valence-electron chi connectivity index (χ3n) is 5.62. The summed E-state index contributed by atoms with van der Waals surface area (Å²) in [7, 11) is -1.78. The standard InChI is InChI=1S/C22H15FN3O2S/c23-17-11-26-19(9-15(17)13-5-6-18-14(8-13)2-1-7-24-18)20(12-3-4-12)16-10-25-22(27)21(16)29(26)28/h1-2,5-12H,3-4H2,(H,25,27)/q-1. The van der Waals surface area contributed by atoms with Gasteiger partial charge in [0.15, 0.2) is 0 Å². The number of halogens is 1. The second kappa shape index (κ2) is 5.90. The fourth-order valence-electron chi connectivity index (χ4n) is 4.11. The van der Waals surface area contributed by atoms with Gasteiger partial charge in [-0.15, -0.1) is 0 Å². The van der Waals surface area contributed by atoms with Crippen molar-refractivity contribution in [2.75, 3.05) is 0 Å². The first-order chi connectivity index (χ1) is 14.1. The normalized spacial score (nSPS) is 21.6. The van der Waals surface area contributed by atoms with Crippen LogP contribution >= 0.6 is 0 Å². The summed E-state index contributed by atoms with van der Waals surface area (Å²) in [6, 6.07) is 9.41. The lowest BCUT2D eigenvalue weighted by Crippen LogP contribution is -2.33. The molecule has 0 saturated heterocycles. The number of amides is 1. The first kappa shape index (κ1) is 16.7. The van der Waals surface area contributed by atoms with Gasteiger partial charge in [-0.3, -0.25) is 9.78 Å². The Balaban J connectivity index is 1.56. The lowest BCUT2D eigenvalue weighted by molar-refractivity contribution is -0.113. The highest BCUT2D eigenvalue weighted by Crippen LogP contribution is 2.47. The van der Waals surface area contributed by atoms with Crippen LogP contribution in [0.15, 0.2) is 77.7 Å². The van der Waals surface area contributed by atoms with Crippen LogP contribution in [0.4, 0.5) is 4.39 Å². The zero-order chi connectivity index (χ0) is 19.7. The second-order valence-electron chi connectivity index (χ2n) is 7.45. The molecule has 5 nitrogen and oxygen atoms in total. The Hall–Kier alpha value is -3.19. The molecule has 3 aliphatic heterocycles. The van der Waals surface area contributed by atoms with E-state index >= 15 is 4.39 Å². The lowest BCUT2D eigenvalue weighted by atomic mass is 9.93. The zero-order valence-electron chi connectivity index (χ0n) is 15.2. The number of carbonyl (C=O) groups is 1. The van der Waals surface area contributed by atoms with E-state index in [1.54, 1.807) is 18.5 Å². The summed E-state index contributed by atoms with van der Waals surface area (Å²) in [5, 5.41) is 3.58. The highest BCUT2D eigenvalue weighted by molar-refractivity contribution is 7.85. The predicted octanol–water partition coefficient (Wildman–Crippen LogP) is 3.49. The molecular weight excluding hydrogens is 389 g/mol. The summed E-state index contributed by atoms with van der Waals surface area (Å²) >= 11 is 0. The van der Waals surface area contributed by atoms with Crippen LogP contribution in [0.3, 0.4) is 0 Å². The Morgan fingerprint density at radius 2 is 2.07 bits per heavy atom. The molecule has 1 N–H and O–H groups in total. The fourth-order valence-corrected chi connectivity index (χ4v) is 5.40. The van der Waals surface area contributed by atoms with E-state index in [4.69, 9.17) is 0 Å². The van der Waals surface area contributed by atoms with Gasteiger partial charge in [-0.05, 0) is 64.6 Å². The summed E-state index contributed by atoms with van der Waals surface area (Å²) in [6.45, 7) is 0. The molecule has 0 spiro atoms. The van der Waals surface area contributed by atoms with Gasteiger partial charge in [0, 0.05) is 35.3 Å². The van der Waals surface area contributed by atoms with E-state index in [-0.39, 0.29) is 10.8 Å². The molecule has 29 heavy (non-hydrogen) atoms.